The highest BCUT2D eigenvalue weighted by atomic mass is 35.5. The SMILES string of the molecule is Cc1cccc(C(=NC2CCCC2)NN)c1Cl. The van der Waals surface area contributed by atoms with Gasteiger partial charge >= 0.3 is 0 Å². The maximum atomic E-state index is 6.28. The highest BCUT2D eigenvalue weighted by Gasteiger charge is 2.16. The Labute approximate surface area is 107 Å². The number of hydrogen-bond acceptors (Lipinski definition) is 2. The van der Waals surface area contributed by atoms with Crippen LogP contribution in [0.1, 0.15) is 36.8 Å². The van der Waals surface area contributed by atoms with Crippen molar-refractivity contribution in [2.75, 3.05) is 0 Å². The number of halogens is 1. The van der Waals surface area contributed by atoms with Crippen LogP contribution in [0.25, 0.3) is 0 Å². The van der Waals surface area contributed by atoms with Gasteiger partial charge in [0, 0.05) is 5.56 Å². The van der Waals surface area contributed by atoms with E-state index in [1.807, 2.05) is 25.1 Å². The molecule has 1 saturated carbocycles. The van der Waals surface area contributed by atoms with Gasteiger partial charge in [0.05, 0.1) is 11.1 Å². The number of rotatable bonds is 2. The standard InChI is InChI=1S/C13H18ClN3/c1-9-5-4-8-11(12(9)14)13(17-15)16-10-6-2-3-7-10/h4-5,8,10H,2-3,6-7,15H2,1H3,(H,16,17). The lowest BCUT2D eigenvalue weighted by Crippen LogP contribution is -2.32. The van der Waals surface area contributed by atoms with Gasteiger partial charge in [-0.05, 0) is 31.4 Å². The average molecular weight is 252 g/mol. The van der Waals surface area contributed by atoms with Crippen molar-refractivity contribution in [2.45, 2.75) is 38.6 Å². The summed E-state index contributed by atoms with van der Waals surface area (Å²) >= 11 is 6.28. The van der Waals surface area contributed by atoms with E-state index in [0.717, 1.165) is 29.0 Å². The molecule has 2 rings (SSSR count). The smallest absolute Gasteiger partial charge is 0.144 e. The zero-order valence-corrected chi connectivity index (χ0v) is 10.8. The molecule has 4 heteroatoms. The molecular formula is C13H18ClN3. The van der Waals surface area contributed by atoms with Gasteiger partial charge in [0.15, 0.2) is 0 Å². The Bertz CT molecular complexity index is 423. The number of amidine groups is 1. The Morgan fingerprint density at radius 3 is 2.76 bits per heavy atom. The average Bonchev–Trinajstić information content (AvgIpc) is 2.83. The number of hydrogen-bond donors (Lipinski definition) is 2. The van der Waals surface area contributed by atoms with Crippen LogP contribution in [0, 0.1) is 6.92 Å². The number of nitrogens with one attached hydrogen (secondary N) is 1. The minimum absolute atomic E-state index is 0.387. The predicted octanol–water partition coefficient (Wildman–Crippen LogP) is 2.80. The third kappa shape index (κ3) is 2.79. The van der Waals surface area contributed by atoms with Crippen molar-refractivity contribution in [3.8, 4) is 0 Å². The molecule has 1 fully saturated rings. The molecule has 92 valence electrons. The van der Waals surface area contributed by atoms with E-state index in [1.54, 1.807) is 0 Å². The Hall–Kier alpha value is -1.06. The molecule has 0 bridgehead atoms. The van der Waals surface area contributed by atoms with Crippen molar-refractivity contribution in [3.05, 3.63) is 34.3 Å². The van der Waals surface area contributed by atoms with Crippen LogP contribution in [0.3, 0.4) is 0 Å². The molecular weight excluding hydrogens is 234 g/mol. The van der Waals surface area contributed by atoms with Gasteiger partial charge in [0.2, 0.25) is 0 Å². The molecule has 0 aliphatic heterocycles. The third-order valence-corrected chi connectivity index (χ3v) is 3.72. The lowest BCUT2D eigenvalue weighted by atomic mass is 10.1. The lowest BCUT2D eigenvalue weighted by molar-refractivity contribution is 0.701. The van der Waals surface area contributed by atoms with Crippen LogP contribution in [-0.2, 0) is 0 Å². The van der Waals surface area contributed by atoms with Crippen molar-refractivity contribution in [2.24, 2.45) is 10.8 Å². The van der Waals surface area contributed by atoms with Crippen LogP contribution < -0.4 is 11.3 Å². The summed E-state index contributed by atoms with van der Waals surface area (Å²) in [6.45, 7) is 1.98. The molecule has 17 heavy (non-hydrogen) atoms. The summed E-state index contributed by atoms with van der Waals surface area (Å²) in [7, 11) is 0. The molecule has 1 aromatic carbocycles. The van der Waals surface area contributed by atoms with E-state index < -0.39 is 0 Å². The third-order valence-electron chi connectivity index (χ3n) is 3.22. The van der Waals surface area contributed by atoms with E-state index in [0.29, 0.717) is 11.9 Å². The molecule has 0 saturated heterocycles. The summed E-state index contributed by atoms with van der Waals surface area (Å²) < 4.78 is 0. The normalized spacial score (nSPS) is 17.5. The molecule has 0 heterocycles. The highest BCUT2D eigenvalue weighted by molar-refractivity contribution is 6.34. The van der Waals surface area contributed by atoms with Crippen molar-refractivity contribution in [1.29, 1.82) is 0 Å². The molecule has 1 aromatic rings. The number of nitrogens with two attached hydrogens (primary N) is 1. The second-order valence-corrected chi connectivity index (χ2v) is 4.87. The fraction of sp³-hybridized carbons (Fsp3) is 0.462. The zero-order valence-electron chi connectivity index (χ0n) is 10.0. The fourth-order valence-electron chi connectivity index (χ4n) is 2.23. The van der Waals surface area contributed by atoms with Crippen LogP contribution in [0.2, 0.25) is 5.02 Å². The van der Waals surface area contributed by atoms with Crippen molar-refractivity contribution < 1.29 is 0 Å². The van der Waals surface area contributed by atoms with Crippen LogP contribution in [-0.4, -0.2) is 11.9 Å². The molecule has 0 unspecified atom stereocenters. The predicted molar refractivity (Wildman–Crippen MR) is 72.3 cm³/mol. The molecule has 0 amide bonds. The molecule has 0 atom stereocenters. The van der Waals surface area contributed by atoms with E-state index in [4.69, 9.17) is 17.4 Å². The number of hydrazine groups is 1. The minimum atomic E-state index is 0.387. The molecule has 0 spiro atoms. The maximum Gasteiger partial charge on any atom is 0.144 e. The topological polar surface area (TPSA) is 50.4 Å². The summed E-state index contributed by atoms with van der Waals surface area (Å²) in [4.78, 5) is 4.66. The first-order valence-corrected chi connectivity index (χ1v) is 6.40. The van der Waals surface area contributed by atoms with Gasteiger partial charge in [-0.2, -0.15) is 0 Å². The largest absolute Gasteiger partial charge is 0.308 e. The maximum absolute atomic E-state index is 6.28. The monoisotopic (exact) mass is 251 g/mol. The van der Waals surface area contributed by atoms with Gasteiger partial charge < -0.3 is 5.43 Å². The number of aryl methyl sites for hydroxylation is 1. The molecule has 3 N–H and O–H groups in total. The molecule has 1 aliphatic rings. The van der Waals surface area contributed by atoms with Gasteiger partial charge in [0.1, 0.15) is 5.84 Å². The molecule has 0 aromatic heterocycles. The Kier molecular flexibility index (Phi) is 4.02. The summed E-state index contributed by atoms with van der Waals surface area (Å²) in [6.07, 6.45) is 4.81. The van der Waals surface area contributed by atoms with Crippen LogP contribution in [0.5, 0.6) is 0 Å². The van der Waals surface area contributed by atoms with Gasteiger partial charge in [-0.3, -0.25) is 4.99 Å². The molecule has 0 radical (unpaired) electrons. The quantitative estimate of drug-likeness (QED) is 0.368. The van der Waals surface area contributed by atoms with Gasteiger partial charge in [-0.15, -0.1) is 0 Å². The van der Waals surface area contributed by atoms with E-state index in [-0.39, 0.29) is 0 Å². The van der Waals surface area contributed by atoms with Crippen LogP contribution in [0.4, 0.5) is 0 Å². The fourth-order valence-corrected chi connectivity index (χ4v) is 2.45. The molecule has 1 aliphatic carbocycles. The Morgan fingerprint density at radius 2 is 2.12 bits per heavy atom. The first-order valence-electron chi connectivity index (χ1n) is 6.02. The number of aliphatic imine (C=N–C) groups is 1. The summed E-state index contributed by atoms with van der Waals surface area (Å²) in [5.74, 6) is 6.26. The van der Waals surface area contributed by atoms with Gasteiger partial charge in [-0.25, -0.2) is 5.84 Å². The second-order valence-electron chi connectivity index (χ2n) is 4.50. The lowest BCUT2D eigenvalue weighted by Gasteiger charge is -2.12. The van der Waals surface area contributed by atoms with E-state index in [9.17, 15) is 0 Å². The first kappa shape index (κ1) is 12.4. The van der Waals surface area contributed by atoms with E-state index >= 15 is 0 Å². The van der Waals surface area contributed by atoms with Crippen LogP contribution in [0.15, 0.2) is 23.2 Å². The van der Waals surface area contributed by atoms with Crippen molar-refractivity contribution in [1.82, 2.24) is 5.43 Å². The summed E-state index contributed by atoms with van der Waals surface area (Å²) in [6, 6.07) is 6.29. The minimum Gasteiger partial charge on any atom is -0.308 e. The van der Waals surface area contributed by atoms with Crippen molar-refractivity contribution in [3.63, 3.8) is 0 Å². The van der Waals surface area contributed by atoms with E-state index in [2.05, 4.69) is 10.4 Å². The van der Waals surface area contributed by atoms with Crippen molar-refractivity contribution >= 4 is 17.4 Å². The van der Waals surface area contributed by atoms with E-state index in [1.165, 1.54) is 12.8 Å². The first-order chi connectivity index (χ1) is 8.22. The van der Waals surface area contributed by atoms with Gasteiger partial charge in [-0.1, -0.05) is 36.6 Å². The summed E-state index contributed by atoms with van der Waals surface area (Å²) in [5.41, 5.74) is 4.61. The number of benzene rings is 1. The Morgan fingerprint density at radius 1 is 1.41 bits per heavy atom. The zero-order chi connectivity index (χ0) is 12.3. The number of nitrogens with zero attached hydrogens (tertiary/aromatic N) is 1. The summed E-state index contributed by atoms with van der Waals surface area (Å²) in [5, 5.41) is 0.724. The van der Waals surface area contributed by atoms with Gasteiger partial charge in [0.25, 0.3) is 0 Å². The highest BCUT2D eigenvalue weighted by Crippen LogP contribution is 2.24. The van der Waals surface area contributed by atoms with Crippen LogP contribution >= 0.6 is 11.6 Å². The second kappa shape index (κ2) is 5.52. The Balaban J connectivity index is 2.31. The molecule has 3 nitrogen and oxygen atoms in total.